The molecule has 0 N–H and O–H groups in total. The summed E-state index contributed by atoms with van der Waals surface area (Å²) in [5, 5.41) is 8.13. The van der Waals surface area contributed by atoms with Crippen molar-refractivity contribution in [3.8, 4) is 0 Å². The zero-order chi connectivity index (χ0) is 16.8. The molecule has 2 fully saturated rings. The van der Waals surface area contributed by atoms with Gasteiger partial charge in [-0.2, -0.15) is 0 Å². The SMILES string of the molecule is O=C(C1CCc2nncn2C1)N1CC(c2ccccc2)C2CCCC21. The highest BCUT2D eigenvalue weighted by molar-refractivity contribution is 5.80. The lowest BCUT2D eigenvalue weighted by Gasteiger charge is -2.30. The monoisotopic (exact) mass is 336 g/mol. The fourth-order valence-electron chi connectivity index (χ4n) is 5.31. The van der Waals surface area contributed by atoms with E-state index in [0.717, 1.165) is 31.8 Å². The highest BCUT2D eigenvalue weighted by Gasteiger charge is 2.47. The fraction of sp³-hybridized carbons (Fsp3) is 0.550. The summed E-state index contributed by atoms with van der Waals surface area (Å²) < 4.78 is 2.06. The molecule has 1 aromatic heterocycles. The Morgan fingerprint density at radius 1 is 1.08 bits per heavy atom. The van der Waals surface area contributed by atoms with Gasteiger partial charge in [-0.05, 0) is 30.7 Å². The second-order valence-corrected chi connectivity index (χ2v) is 7.81. The number of carbonyl (C=O) groups is 1. The van der Waals surface area contributed by atoms with Gasteiger partial charge in [0, 0.05) is 31.5 Å². The molecular formula is C20H24N4O. The van der Waals surface area contributed by atoms with Gasteiger partial charge in [-0.3, -0.25) is 4.79 Å². The van der Waals surface area contributed by atoms with Crippen LogP contribution in [0.2, 0.25) is 0 Å². The molecule has 0 radical (unpaired) electrons. The lowest BCUT2D eigenvalue weighted by atomic mass is 9.86. The highest BCUT2D eigenvalue weighted by Crippen LogP contribution is 2.46. The van der Waals surface area contributed by atoms with Gasteiger partial charge in [-0.25, -0.2) is 0 Å². The van der Waals surface area contributed by atoms with Crippen molar-refractivity contribution in [2.45, 2.75) is 50.6 Å². The van der Waals surface area contributed by atoms with Crippen LogP contribution in [-0.2, 0) is 17.8 Å². The average molecular weight is 336 g/mol. The van der Waals surface area contributed by atoms with Crippen molar-refractivity contribution in [1.29, 1.82) is 0 Å². The third-order valence-corrected chi connectivity index (χ3v) is 6.53. The molecule has 4 atom stereocenters. The average Bonchev–Trinajstić information content (AvgIpc) is 3.37. The van der Waals surface area contributed by atoms with E-state index in [1.54, 1.807) is 6.33 Å². The third-order valence-electron chi connectivity index (χ3n) is 6.53. The molecule has 4 unspecified atom stereocenters. The molecular weight excluding hydrogens is 312 g/mol. The minimum Gasteiger partial charge on any atom is -0.338 e. The lowest BCUT2D eigenvalue weighted by molar-refractivity contribution is -0.137. The molecule has 2 aliphatic heterocycles. The number of hydrogen-bond donors (Lipinski definition) is 0. The number of rotatable bonds is 2. The van der Waals surface area contributed by atoms with Gasteiger partial charge < -0.3 is 9.47 Å². The van der Waals surface area contributed by atoms with Gasteiger partial charge in [0.2, 0.25) is 5.91 Å². The minimum atomic E-state index is 0.0827. The molecule has 1 aliphatic carbocycles. The molecule has 1 amide bonds. The van der Waals surface area contributed by atoms with Crippen LogP contribution < -0.4 is 0 Å². The van der Waals surface area contributed by atoms with Crippen LogP contribution in [0.4, 0.5) is 0 Å². The number of benzene rings is 1. The summed E-state index contributed by atoms with van der Waals surface area (Å²) in [4.78, 5) is 15.6. The molecule has 5 nitrogen and oxygen atoms in total. The molecule has 3 heterocycles. The van der Waals surface area contributed by atoms with E-state index in [4.69, 9.17) is 0 Å². The molecule has 3 aliphatic rings. The molecule has 0 bridgehead atoms. The maximum atomic E-state index is 13.3. The predicted octanol–water partition coefficient (Wildman–Crippen LogP) is 2.64. The number of hydrogen-bond acceptors (Lipinski definition) is 3. The third kappa shape index (κ3) is 2.48. The first-order chi connectivity index (χ1) is 12.3. The maximum absolute atomic E-state index is 13.3. The standard InChI is InChI=1S/C20H24N4O/c25-20(15-9-10-19-22-21-13-23(19)11-15)24-12-17(14-5-2-1-3-6-14)16-7-4-8-18(16)24/h1-3,5-6,13,15-18H,4,7-12H2. The normalized spacial score (nSPS) is 31.0. The van der Waals surface area contributed by atoms with Gasteiger partial charge in [-0.1, -0.05) is 36.8 Å². The van der Waals surface area contributed by atoms with E-state index >= 15 is 0 Å². The van der Waals surface area contributed by atoms with Crippen LogP contribution in [0.5, 0.6) is 0 Å². The van der Waals surface area contributed by atoms with Gasteiger partial charge in [-0.15, -0.1) is 10.2 Å². The van der Waals surface area contributed by atoms with Crippen LogP contribution in [0.1, 0.15) is 43.0 Å². The molecule has 5 heteroatoms. The van der Waals surface area contributed by atoms with E-state index in [2.05, 4.69) is 50.0 Å². The molecule has 130 valence electrons. The summed E-state index contributed by atoms with van der Waals surface area (Å²) in [6, 6.07) is 11.2. The van der Waals surface area contributed by atoms with E-state index in [9.17, 15) is 4.79 Å². The predicted molar refractivity (Wildman–Crippen MR) is 93.9 cm³/mol. The zero-order valence-corrected chi connectivity index (χ0v) is 14.4. The summed E-state index contributed by atoms with van der Waals surface area (Å²) in [7, 11) is 0. The Morgan fingerprint density at radius 3 is 2.84 bits per heavy atom. The van der Waals surface area contributed by atoms with Crippen molar-refractivity contribution in [1.82, 2.24) is 19.7 Å². The number of carbonyl (C=O) groups excluding carboxylic acids is 1. The summed E-state index contributed by atoms with van der Waals surface area (Å²) in [5.74, 6) is 2.60. The molecule has 25 heavy (non-hydrogen) atoms. The van der Waals surface area contributed by atoms with Crippen LogP contribution in [0.15, 0.2) is 36.7 Å². The highest BCUT2D eigenvalue weighted by atomic mass is 16.2. The van der Waals surface area contributed by atoms with Gasteiger partial charge in [0.1, 0.15) is 12.2 Å². The number of amides is 1. The second kappa shape index (κ2) is 5.97. The number of fused-ring (bicyclic) bond motifs is 2. The lowest BCUT2D eigenvalue weighted by Crippen LogP contribution is -2.42. The molecule has 5 rings (SSSR count). The Morgan fingerprint density at radius 2 is 1.96 bits per heavy atom. The Hall–Kier alpha value is -2.17. The number of aryl methyl sites for hydroxylation is 1. The Labute approximate surface area is 148 Å². The van der Waals surface area contributed by atoms with Crippen molar-refractivity contribution >= 4 is 5.91 Å². The Kier molecular flexibility index (Phi) is 3.61. The van der Waals surface area contributed by atoms with E-state index in [-0.39, 0.29) is 5.92 Å². The van der Waals surface area contributed by atoms with Gasteiger partial charge in [0.15, 0.2) is 0 Å². The first kappa shape index (κ1) is 15.1. The van der Waals surface area contributed by atoms with Crippen molar-refractivity contribution < 1.29 is 4.79 Å². The summed E-state index contributed by atoms with van der Waals surface area (Å²) in [6.45, 7) is 1.63. The van der Waals surface area contributed by atoms with Crippen molar-refractivity contribution in [2.24, 2.45) is 11.8 Å². The maximum Gasteiger partial charge on any atom is 0.227 e. The molecule has 1 saturated heterocycles. The topological polar surface area (TPSA) is 51.0 Å². The van der Waals surface area contributed by atoms with Gasteiger partial charge in [0.25, 0.3) is 0 Å². The van der Waals surface area contributed by atoms with Crippen molar-refractivity contribution in [3.63, 3.8) is 0 Å². The minimum absolute atomic E-state index is 0.0827. The number of aromatic nitrogens is 3. The fourth-order valence-corrected chi connectivity index (χ4v) is 5.31. The van der Waals surface area contributed by atoms with Gasteiger partial charge in [0.05, 0.1) is 5.92 Å². The Balaban J connectivity index is 1.38. The van der Waals surface area contributed by atoms with Gasteiger partial charge >= 0.3 is 0 Å². The Bertz CT molecular complexity index is 771. The molecule has 1 aromatic carbocycles. The molecule has 1 saturated carbocycles. The summed E-state index contributed by atoms with van der Waals surface area (Å²) in [5.41, 5.74) is 1.40. The summed E-state index contributed by atoms with van der Waals surface area (Å²) >= 11 is 0. The second-order valence-electron chi connectivity index (χ2n) is 7.81. The van der Waals surface area contributed by atoms with Crippen LogP contribution in [0, 0.1) is 11.8 Å². The quantitative estimate of drug-likeness (QED) is 0.847. The van der Waals surface area contributed by atoms with Crippen molar-refractivity contribution in [3.05, 3.63) is 48.0 Å². The van der Waals surface area contributed by atoms with Crippen LogP contribution in [-0.4, -0.2) is 38.2 Å². The number of likely N-dealkylation sites (tertiary alicyclic amines) is 1. The first-order valence-corrected chi connectivity index (χ1v) is 9.53. The van der Waals surface area contributed by atoms with Crippen LogP contribution in [0.25, 0.3) is 0 Å². The van der Waals surface area contributed by atoms with E-state index in [1.807, 2.05) is 0 Å². The summed E-state index contributed by atoms with van der Waals surface area (Å²) in [6.07, 6.45) is 7.22. The molecule has 0 spiro atoms. The largest absolute Gasteiger partial charge is 0.338 e. The van der Waals surface area contributed by atoms with E-state index in [1.165, 1.54) is 24.8 Å². The first-order valence-electron chi connectivity index (χ1n) is 9.53. The van der Waals surface area contributed by atoms with Crippen LogP contribution >= 0.6 is 0 Å². The smallest absolute Gasteiger partial charge is 0.227 e. The van der Waals surface area contributed by atoms with Crippen LogP contribution in [0.3, 0.4) is 0 Å². The molecule has 2 aromatic rings. The van der Waals surface area contributed by atoms with E-state index in [0.29, 0.717) is 23.8 Å². The van der Waals surface area contributed by atoms with E-state index < -0.39 is 0 Å². The van der Waals surface area contributed by atoms with Crippen molar-refractivity contribution in [2.75, 3.05) is 6.54 Å². The zero-order valence-electron chi connectivity index (χ0n) is 14.4. The number of nitrogens with zero attached hydrogens (tertiary/aromatic N) is 4.